The van der Waals surface area contributed by atoms with Crippen LogP contribution in [0.1, 0.15) is 32.5 Å². The Hall–Kier alpha value is -2.38. The highest BCUT2D eigenvalue weighted by atomic mass is 32.1. The molecule has 1 aliphatic heterocycles. The predicted molar refractivity (Wildman–Crippen MR) is 106 cm³/mol. The Bertz CT molecular complexity index is 988. The van der Waals surface area contributed by atoms with Crippen LogP contribution in [0.25, 0.3) is 6.08 Å². The van der Waals surface area contributed by atoms with E-state index in [1.807, 2.05) is 29.0 Å². The number of carbonyl (C=O) groups excluding carboxylic acids is 1. The van der Waals surface area contributed by atoms with Crippen LogP contribution in [-0.2, 0) is 17.4 Å². The van der Waals surface area contributed by atoms with Crippen LogP contribution in [0.3, 0.4) is 0 Å². The van der Waals surface area contributed by atoms with E-state index in [1.54, 1.807) is 39.7 Å². The summed E-state index contributed by atoms with van der Waals surface area (Å²) in [6, 6.07) is 10.5. The van der Waals surface area contributed by atoms with Gasteiger partial charge in [-0.1, -0.05) is 18.2 Å². The number of carbonyl (C=O) groups is 1. The maximum Gasteiger partial charge on any atom is 0.416 e. The molecule has 0 fully saturated rings. The number of amides is 1. The number of thiophene rings is 2. The van der Waals surface area contributed by atoms with Crippen LogP contribution in [0.5, 0.6) is 0 Å². The summed E-state index contributed by atoms with van der Waals surface area (Å²) in [6.45, 7) is 0.535. The first-order chi connectivity index (χ1) is 13.4. The minimum atomic E-state index is -4.38. The van der Waals surface area contributed by atoms with E-state index in [-0.39, 0.29) is 11.9 Å². The first kappa shape index (κ1) is 19.0. The fraction of sp³-hybridized carbons (Fsp3) is 0.190. The van der Waals surface area contributed by atoms with Crippen LogP contribution in [0.2, 0.25) is 0 Å². The standard InChI is InChI=1S/C21H16F3NOS2/c22-21(23,24)15-5-3-14(4-6-15)20-17-10-13-28-18(17)9-11-25(20)19(26)8-7-16-2-1-12-27-16/h1-8,10,12-13,20H,9,11H2/b8-7+. The molecule has 0 bridgehead atoms. The molecule has 2 nitrogen and oxygen atoms in total. The molecule has 0 N–H and O–H groups in total. The van der Waals surface area contributed by atoms with Crippen LogP contribution in [0.15, 0.2) is 59.3 Å². The highest BCUT2D eigenvalue weighted by Gasteiger charge is 2.34. The Morgan fingerprint density at radius 3 is 2.54 bits per heavy atom. The van der Waals surface area contributed by atoms with Crippen LogP contribution >= 0.6 is 22.7 Å². The monoisotopic (exact) mass is 419 g/mol. The first-order valence-corrected chi connectivity index (χ1v) is 10.4. The van der Waals surface area contributed by atoms with Crippen molar-refractivity contribution in [2.45, 2.75) is 18.6 Å². The van der Waals surface area contributed by atoms with Gasteiger partial charge in [0.15, 0.2) is 0 Å². The third-order valence-corrected chi connectivity index (χ3v) is 6.57. The molecule has 28 heavy (non-hydrogen) atoms. The van der Waals surface area contributed by atoms with E-state index < -0.39 is 11.7 Å². The Labute approximate surface area is 168 Å². The molecule has 0 spiro atoms. The highest BCUT2D eigenvalue weighted by molar-refractivity contribution is 7.10. The third kappa shape index (κ3) is 3.77. The van der Waals surface area contributed by atoms with Crippen molar-refractivity contribution in [1.82, 2.24) is 4.90 Å². The molecule has 7 heteroatoms. The Morgan fingerprint density at radius 2 is 1.86 bits per heavy atom. The summed E-state index contributed by atoms with van der Waals surface area (Å²) >= 11 is 3.16. The van der Waals surface area contributed by atoms with Crippen molar-refractivity contribution in [2.75, 3.05) is 6.54 Å². The molecule has 1 unspecified atom stereocenters. The molecule has 3 heterocycles. The fourth-order valence-electron chi connectivity index (χ4n) is 3.40. The van der Waals surface area contributed by atoms with Crippen LogP contribution in [0.4, 0.5) is 13.2 Å². The molecule has 1 aromatic carbocycles. The molecule has 0 radical (unpaired) electrons. The third-order valence-electron chi connectivity index (χ3n) is 4.74. The van der Waals surface area contributed by atoms with E-state index in [9.17, 15) is 18.0 Å². The molecule has 1 amide bonds. The van der Waals surface area contributed by atoms with E-state index in [0.717, 1.165) is 29.0 Å². The van der Waals surface area contributed by atoms with Crippen molar-refractivity contribution in [3.8, 4) is 0 Å². The summed E-state index contributed by atoms with van der Waals surface area (Å²) in [4.78, 5) is 16.8. The number of fused-ring (bicyclic) bond motifs is 1. The summed E-state index contributed by atoms with van der Waals surface area (Å²) in [5, 5.41) is 3.91. The molecular formula is C21H16F3NOS2. The maximum absolute atomic E-state index is 12.9. The lowest BCUT2D eigenvalue weighted by Crippen LogP contribution is -2.39. The van der Waals surface area contributed by atoms with E-state index in [1.165, 1.54) is 17.0 Å². The van der Waals surface area contributed by atoms with E-state index >= 15 is 0 Å². The van der Waals surface area contributed by atoms with Gasteiger partial charge in [-0.05, 0) is 58.6 Å². The van der Waals surface area contributed by atoms with Crippen LogP contribution in [0, 0.1) is 0 Å². The number of nitrogens with zero attached hydrogens (tertiary/aromatic N) is 1. The predicted octanol–water partition coefficient (Wildman–Crippen LogP) is 6.02. The summed E-state index contributed by atoms with van der Waals surface area (Å²) in [5.41, 5.74) is 0.993. The fourth-order valence-corrected chi connectivity index (χ4v) is 4.92. The average molecular weight is 419 g/mol. The van der Waals surface area contributed by atoms with Gasteiger partial charge in [-0.2, -0.15) is 13.2 Å². The maximum atomic E-state index is 12.9. The Kier molecular flexibility index (Phi) is 5.12. The molecule has 0 aliphatic carbocycles. The van der Waals surface area contributed by atoms with Crippen molar-refractivity contribution in [1.29, 1.82) is 0 Å². The zero-order valence-electron chi connectivity index (χ0n) is 14.6. The minimum Gasteiger partial charge on any atom is -0.328 e. The smallest absolute Gasteiger partial charge is 0.328 e. The molecular weight excluding hydrogens is 403 g/mol. The molecule has 0 saturated heterocycles. The lowest BCUT2D eigenvalue weighted by Gasteiger charge is -2.35. The van der Waals surface area contributed by atoms with Crippen molar-refractivity contribution in [3.63, 3.8) is 0 Å². The quantitative estimate of drug-likeness (QED) is 0.476. The second kappa shape index (κ2) is 7.56. The van der Waals surface area contributed by atoms with Crippen molar-refractivity contribution >= 4 is 34.7 Å². The van der Waals surface area contributed by atoms with Crippen molar-refractivity contribution in [3.05, 3.63) is 85.7 Å². The molecule has 3 aromatic rings. The Morgan fingerprint density at radius 1 is 1.07 bits per heavy atom. The van der Waals surface area contributed by atoms with Crippen molar-refractivity contribution in [2.24, 2.45) is 0 Å². The van der Waals surface area contributed by atoms with Gasteiger partial charge in [-0.25, -0.2) is 0 Å². The van der Waals surface area contributed by atoms with Gasteiger partial charge >= 0.3 is 6.18 Å². The van der Waals surface area contributed by atoms with Gasteiger partial charge in [-0.3, -0.25) is 4.79 Å². The molecule has 1 aliphatic rings. The highest BCUT2D eigenvalue weighted by Crippen LogP contribution is 2.39. The van der Waals surface area contributed by atoms with Gasteiger partial charge in [0, 0.05) is 22.4 Å². The summed E-state index contributed by atoms with van der Waals surface area (Å²) < 4.78 is 38.8. The van der Waals surface area contributed by atoms with Crippen LogP contribution < -0.4 is 0 Å². The zero-order chi connectivity index (χ0) is 19.7. The second-order valence-corrected chi connectivity index (χ2v) is 8.43. The number of benzene rings is 1. The summed E-state index contributed by atoms with van der Waals surface area (Å²) in [7, 11) is 0. The average Bonchev–Trinajstić information content (AvgIpc) is 3.36. The largest absolute Gasteiger partial charge is 0.416 e. The number of hydrogen-bond acceptors (Lipinski definition) is 3. The van der Waals surface area contributed by atoms with Gasteiger partial charge < -0.3 is 4.90 Å². The SMILES string of the molecule is O=C(/C=C/c1cccs1)N1CCc2sccc2C1c1ccc(C(F)(F)F)cc1. The normalized spacial score (nSPS) is 17.1. The summed E-state index contributed by atoms with van der Waals surface area (Å²) in [6.07, 6.45) is -0.305. The van der Waals surface area contributed by atoms with E-state index in [4.69, 9.17) is 0 Å². The van der Waals surface area contributed by atoms with Crippen LogP contribution in [-0.4, -0.2) is 17.4 Å². The lowest BCUT2D eigenvalue weighted by atomic mass is 9.92. The van der Waals surface area contributed by atoms with Gasteiger partial charge in [0.1, 0.15) is 0 Å². The molecule has 2 aromatic heterocycles. The van der Waals surface area contributed by atoms with Gasteiger partial charge in [0.05, 0.1) is 11.6 Å². The van der Waals surface area contributed by atoms with E-state index in [0.29, 0.717) is 12.1 Å². The zero-order valence-corrected chi connectivity index (χ0v) is 16.3. The summed E-state index contributed by atoms with van der Waals surface area (Å²) in [5.74, 6) is -0.143. The number of halogens is 3. The van der Waals surface area contributed by atoms with Gasteiger partial charge in [0.25, 0.3) is 0 Å². The number of hydrogen-bond donors (Lipinski definition) is 0. The lowest BCUT2D eigenvalue weighted by molar-refractivity contribution is -0.137. The van der Waals surface area contributed by atoms with E-state index in [2.05, 4.69) is 0 Å². The first-order valence-electron chi connectivity index (χ1n) is 8.69. The minimum absolute atomic E-state index is 0.143. The topological polar surface area (TPSA) is 20.3 Å². The number of rotatable bonds is 3. The molecule has 144 valence electrons. The molecule has 4 rings (SSSR count). The molecule has 1 atom stereocenters. The Balaban J connectivity index is 1.67. The number of alkyl halides is 3. The second-order valence-electron chi connectivity index (χ2n) is 6.45. The van der Waals surface area contributed by atoms with Gasteiger partial charge in [0.2, 0.25) is 5.91 Å². The van der Waals surface area contributed by atoms with Gasteiger partial charge in [-0.15, -0.1) is 22.7 Å². The molecule has 0 saturated carbocycles. The van der Waals surface area contributed by atoms with Crippen molar-refractivity contribution < 1.29 is 18.0 Å².